The molecule has 0 saturated heterocycles. The van der Waals surface area contributed by atoms with Crippen LogP contribution in [0.25, 0.3) is 11.0 Å². The van der Waals surface area contributed by atoms with Gasteiger partial charge in [0, 0.05) is 24.9 Å². The molecular formula is C11H11FN4. The van der Waals surface area contributed by atoms with E-state index in [-0.39, 0.29) is 18.0 Å². The van der Waals surface area contributed by atoms with Gasteiger partial charge in [0.2, 0.25) is 0 Å². The van der Waals surface area contributed by atoms with Crippen molar-refractivity contribution in [2.24, 2.45) is 5.73 Å². The molecule has 2 aromatic rings. The molecule has 1 aromatic carbocycles. The Balaban J connectivity index is 2.58. The maximum atomic E-state index is 13.4. The van der Waals surface area contributed by atoms with Crippen molar-refractivity contribution >= 4 is 17.2 Å². The first-order valence-electron chi connectivity index (χ1n) is 4.88. The summed E-state index contributed by atoms with van der Waals surface area (Å²) >= 11 is 0. The number of nitrogens with one attached hydrogen (secondary N) is 1. The average Bonchev–Trinajstić information content (AvgIpc) is 2.32. The molecule has 0 aliphatic rings. The predicted octanol–water partition coefficient (Wildman–Crippen LogP) is 1.46. The van der Waals surface area contributed by atoms with E-state index in [0.717, 1.165) is 0 Å². The van der Waals surface area contributed by atoms with E-state index in [0.29, 0.717) is 11.2 Å². The van der Waals surface area contributed by atoms with Crippen LogP contribution in [0.1, 0.15) is 11.6 Å². The van der Waals surface area contributed by atoms with Crippen LogP contribution in [0.5, 0.6) is 0 Å². The molecule has 0 spiro atoms. The summed E-state index contributed by atoms with van der Waals surface area (Å²) in [5.41, 5.74) is 6.73. The van der Waals surface area contributed by atoms with Crippen LogP contribution in [0, 0.1) is 11.2 Å². The van der Waals surface area contributed by atoms with Crippen molar-refractivity contribution in [2.75, 3.05) is 6.54 Å². The van der Waals surface area contributed by atoms with Gasteiger partial charge in [0.15, 0.2) is 5.82 Å². The third kappa shape index (κ3) is 1.77. The molecule has 0 bridgehead atoms. The quantitative estimate of drug-likeness (QED) is 0.766. The molecule has 0 amide bonds. The summed E-state index contributed by atoms with van der Waals surface area (Å²) in [4.78, 5) is 8.25. The third-order valence-corrected chi connectivity index (χ3v) is 2.38. The molecular weight excluding hydrogens is 207 g/mol. The van der Waals surface area contributed by atoms with Gasteiger partial charge in [0.05, 0.1) is 11.2 Å². The summed E-state index contributed by atoms with van der Waals surface area (Å²) in [5.74, 6) is -0.718. The number of hydrogen-bond acceptors (Lipinski definition) is 4. The van der Waals surface area contributed by atoms with E-state index in [1.807, 2.05) is 0 Å². The van der Waals surface area contributed by atoms with Gasteiger partial charge in [0.1, 0.15) is 5.52 Å². The average molecular weight is 218 g/mol. The Kier molecular flexibility index (Phi) is 2.87. The summed E-state index contributed by atoms with van der Waals surface area (Å²) in [6, 6.07) is 4.61. The molecule has 1 aromatic heterocycles. The van der Waals surface area contributed by atoms with Gasteiger partial charge in [-0.2, -0.15) is 0 Å². The molecule has 4 nitrogen and oxygen atoms in total. The summed E-state index contributed by atoms with van der Waals surface area (Å²) in [6.07, 6.45) is 2.72. The number of para-hydroxylation sites is 1. The Hall–Kier alpha value is -1.88. The molecule has 82 valence electrons. The topological polar surface area (TPSA) is 75.7 Å². The second-order valence-electron chi connectivity index (χ2n) is 3.41. The Labute approximate surface area is 91.8 Å². The van der Waals surface area contributed by atoms with Gasteiger partial charge < -0.3 is 11.1 Å². The van der Waals surface area contributed by atoms with E-state index in [9.17, 15) is 4.39 Å². The van der Waals surface area contributed by atoms with Gasteiger partial charge >= 0.3 is 0 Å². The largest absolute Gasteiger partial charge is 0.329 e. The van der Waals surface area contributed by atoms with E-state index < -0.39 is 5.82 Å². The lowest BCUT2D eigenvalue weighted by Gasteiger charge is -2.08. The van der Waals surface area contributed by atoms with E-state index in [2.05, 4.69) is 9.97 Å². The summed E-state index contributed by atoms with van der Waals surface area (Å²) in [7, 11) is 0. The highest BCUT2D eigenvalue weighted by Gasteiger charge is 2.11. The minimum atomic E-state index is -0.410. The Morgan fingerprint density at radius 1 is 1.50 bits per heavy atom. The molecule has 2 rings (SSSR count). The van der Waals surface area contributed by atoms with Crippen LogP contribution in [0.15, 0.2) is 24.4 Å². The normalized spacial score (nSPS) is 12.6. The monoisotopic (exact) mass is 218 g/mol. The van der Waals surface area contributed by atoms with E-state index in [1.54, 1.807) is 12.1 Å². The summed E-state index contributed by atoms with van der Waals surface area (Å²) < 4.78 is 13.4. The fourth-order valence-electron chi connectivity index (χ4n) is 1.47. The first kappa shape index (κ1) is 10.6. The number of nitrogens with two attached hydrogens (primary N) is 1. The smallest absolute Gasteiger partial charge is 0.151 e. The highest BCUT2D eigenvalue weighted by molar-refractivity contribution is 5.75. The zero-order valence-corrected chi connectivity index (χ0v) is 8.52. The van der Waals surface area contributed by atoms with E-state index in [4.69, 9.17) is 11.1 Å². The Morgan fingerprint density at radius 3 is 3.00 bits per heavy atom. The van der Waals surface area contributed by atoms with Crippen molar-refractivity contribution in [1.29, 1.82) is 5.41 Å². The predicted molar refractivity (Wildman–Crippen MR) is 60.1 cm³/mol. The molecule has 16 heavy (non-hydrogen) atoms. The summed E-state index contributed by atoms with van der Waals surface area (Å²) in [6.45, 7) is 0.262. The summed E-state index contributed by atoms with van der Waals surface area (Å²) in [5, 5.41) is 7.19. The van der Waals surface area contributed by atoms with Crippen LogP contribution < -0.4 is 5.73 Å². The number of halogens is 1. The second-order valence-corrected chi connectivity index (χ2v) is 3.41. The van der Waals surface area contributed by atoms with Crippen molar-refractivity contribution in [1.82, 2.24) is 9.97 Å². The molecule has 0 saturated carbocycles. The molecule has 3 N–H and O–H groups in total. The minimum Gasteiger partial charge on any atom is -0.329 e. The number of fused-ring (bicyclic) bond motifs is 1. The lowest BCUT2D eigenvalue weighted by atomic mass is 10.1. The van der Waals surface area contributed by atoms with Crippen molar-refractivity contribution in [3.63, 3.8) is 0 Å². The number of benzene rings is 1. The molecule has 5 heteroatoms. The second kappa shape index (κ2) is 4.32. The number of nitrogens with zero attached hydrogens (tertiary/aromatic N) is 2. The van der Waals surface area contributed by atoms with Crippen LogP contribution in [-0.2, 0) is 0 Å². The van der Waals surface area contributed by atoms with E-state index in [1.165, 1.54) is 18.5 Å². The van der Waals surface area contributed by atoms with Gasteiger partial charge in [-0.25, -0.2) is 9.37 Å². The highest BCUT2D eigenvalue weighted by atomic mass is 19.1. The Morgan fingerprint density at radius 2 is 2.31 bits per heavy atom. The van der Waals surface area contributed by atoms with Gasteiger partial charge in [-0.05, 0) is 12.1 Å². The minimum absolute atomic E-state index is 0.223. The first-order chi connectivity index (χ1) is 7.76. The van der Waals surface area contributed by atoms with Crippen molar-refractivity contribution < 1.29 is 4.39 Å². The first-order valence-corrected chi connectivity index (χ1v) is 4.88. The molecule has 1 unspecified atom stereocenters. The van der Waals surface area contributed by atoms with Gasteiger partial charge in [0.25, 0.3) is 0 Å². The zero-order valence-electron chi connectivity index (χ0n) is 8.52. The molecule has 1 heterocycles. The lowest BCUT2D eigenvalue weighted by molar-refractivity contribution is 0.635. The fourth-order valence-corrected chi connectivity index (χ4v) is 1.47. The standard InChI is InChI=1S/C11H11FN4/c12-8-2-1-3-9-11(8)16-10(6-15-9)7(4-13)5-14/h1-4,6-7,13H,5,14H2. The number of rotatable bonds is 3. The molecule has 0 radical (unpaired) electrons. The van der Waals surface area contributed by atoms with Crippen molar-refractivity contribution in [3.8, 4) is 0 Å². The van der Waals surface area contributed by atoms with Crippen LogP contribution in [0.3, 0.4) is 0 Å². The maximum absolute atomic E-state index is 13.4. The maximum Gasteiger partial charge on any atom is 0.151 e. The number of aromatic nitrogens is 2. The van der Waals surface area contributed by atoms with Crippen LogP contribution in [-0.4, -0.2) is 22.7 Å². The van der Waals surface area contributed by atoms with Crippen LogP contribution in [0.2, 0.25) is 0 Å². The Bertz CT molecular complexity index is 526. The lowest BCUT2D eigenvalue weighted by Crippen LogP contribution is -2.15. The van der Waals surface area contributed by atoms with Gasteiger partial charge in [-0.3, -0.25) is 4.98 Å². The van der Waals surface area contributed by atoms with Gasteiger partial charge in [-0.1, -0.05) is 6.07 Å². The van der Waals surface area contributed by atoms with Crippen molar-refractivity contribution in [3.05, 3.63) is 35.9 Å². The molecule has 0 aliphatic heterocycles. The molecule has 0 aliphatic carbocycles. The van der Waals surface area contributed by atoms with Crippen LogP contribution >= 0.6 is 0 Å². The van der Waals surface area contributed by atoms with E-state index >= 15 is 0 Å². The van der Waals surface area contributed by atoms with Crippen molar-refractivity contribution in [2.45, 2.75) is 5.92 Å². The number of hydrogen-bond donors (Lipinski definition) is 2. The molecule has 0 fully saturated rings. The van der Waals surface area contributed by atoms with Crippen LogP contribution in [0.4, 0.5) is 4.39 Å². The highest BCUT2D eigenvalue weighted by Crippen LogP contribution is 2.16. The zero-order chi connectivity index (χ0) is 11.5. The molecule has 1 atom stereocenters. The van der Waals surface area contributed by atoms with Gasteiger partial charge in [-0.15, -0.1) is 0 Å². The third-order valence-electron chi connectivity index (χ3n) is 2.38. The fraction of sp³-hybridized carbons (Fsp3) is 0.182. The SMILES string of the molecule is N=CC(CN)c1cnc2cccc(F)c2n1.